The minimum Gasteiger partial charge on any atom is -0.488 e. The van der Waals surface area contributed by atoms with Crippen molar-refractivity contribution >= 4 is 0 Å². The van der Waals surface area contributed by atoms with E-state index in [0.29, 0.717) is 0 Å². The van der Waals surface area contributed by atoms with Crippen molar-refractivity contribution in [3.05, 3.63) is 77.1 Å². The van der Waals surface area contributed by atoms with Crippen LogP contribution >= 0.6 is 0 Å². The molecule has 2 aliphatic rings. The third-order valence-corrected chi connectivity index (χ3v) is 5.26. The van der Waals surface area contributed by atoms with Crippen molar-refractivity contribution in [1.29, 1.82) is 0 Å². The maximum atomic E-state index is 5.76. The number of ether oxygens (including phenoxy) is 1. The molecular weight excluding hydrogens is 276 g/mol. The molecule has 0 radical (unpaired) electrons. The summed E-state index contributed by atoms with van der Waals surface area (Å²) in [4.78, 5) is 0. The highest BCUT2D eigenvalue weighted by atomic mass is 16.5. The van der Waals surface area contributed by atoms with Crippen LogP contribution in [0.25, 0.3) is 0 Å². The molecule has 0 atom stereocenters. The van der Waals surface area contributed by atoms with Crippen LogP contribution in [0.5, 0.6) is 5.75 Å². The predicted molar refractivity (Wildman–Crippen MR) is 81.0 cm³/mol. The lowest BCUT2D eigenvalue weighted by molar-refractivity contribution is 0.235. The third kappa shape index (κ3) is 1.51. The third-order valence-electron chi connectivity index (χ3n) is 5.26. The molecule has 3 heteroatoms. The van der Waals surface area contributed by atoms with Gasteiger partial charge in [0.25, 0.3) is 0 Å². The lowest BCUT2D eigenvalue weighted by atomic mass is 9.64. The summed E-state index contributed by atoms with van der Waals surface area (Å²) in [5, 5.41) is 0. The van der Waals surface area contributed by atoms with Gasteiger partial charge < -0.3 is 13.6 Å². The Kier molecular flexibility index (Phi) is 2.37. The van der Waals surface area contributed by atoms with Crippen molar-refractivity contribution in [2.24, 2.45) is 0 Å². The molecule has 3 heterocycles. The fraction of sp³-hybridized carbons (Fsp3) is 0.263. The van der Waals surface area contributed by atoms with Gasteiger partial charge in [-0.2, -0.15) is 0 Å². The van der Waals surface area contributed by atoms with E-state index in [-0.39, 0.29) is 5.41 Å². The monoisotopic (exact) mass is 292 g/mol. The lowest BCUT2D eigenvalue weighted by Crippen LogP contribution is -2.35. The Hall–Kier alpha value is -2.42. The van der Waals surface area contributed by atoms with E-state index in [0.717, 1.165) is 31.6 Å². The molecule has 2 aromatic heterocycles. The molecule has 110 valence electrons. The summed E-state index contributed by atoms with van der Waals surface area (Å²) in [5.41, 5.74) is 6.46. The van der Waals surface area contributed by atoms with Gasteiger partial charge in [0.1, 0.15) is 12.4 Å². The van der Waals surface area contributed by atoms with Gasteiger partial charge in [-0.3, -0.25) is 0 Å². The zero-order valence-corrected chi connectivity index (χ0v) is 12.2. The van der Waals surface area contributed by atoms with E-state index in [9.17, 15) is 0 Å². The molecule has 1 aliphatic carbocycles. The maximum Gasteiger partial charge on any atom is 0.129 e. The molecule has 0 saturated carbocycles. The summed E-state index contributed by atoms with van der Waals surface area (Å²) in [7, 11) is 0. The molecule has 3 aromatic rings. The van der Waals surface area contributed by atoms with E-state index in [4.69, 9.17) is 13.6 Å². The molecule has 0 bridgehead atoms. The number of rotatable bonds is 2. The van der Waals surface area contributed by atoms with Crippen LogP contribution in [0.15, 0.2) is 58.2 Å². The normalized spacial score (nSPS) is 18.0. The summed E-state index contributed by atoms with van der Waals surface area (Å²) in [5.74, 6) is 1.11. The smallest absolute Gasteiger partial charge is 0.129 e. The van der Waals surface area contributed by atoms with Gasteiger partial charge in [-0.25, -0.2) is 0 Å². The highest BCUT2D eigenvalue weighted by Gasteiger charge is 2.41. The van der Waals surface area contributed by atoms with Gasteiger partial charge in [0, 0.05) is 22.1 Å². The summed E-state index contributed by atoms with van der Waals surface area (Å²) in [6, 6.07) is 8.63. The zero-order valence-electron chi connectivity index (χ0n) is 12.2. The molecule has 0 spiro atoms. The van der Waals surface area contributed by atoms with E-state index in [1.165, 1.54) is 27.8 Å². The second-order valence-electron chi connectivity index (χ2n) is 6.26. The van der Waals surface area contributed by atoms with E-state index in [1.54, 1.807) is 12.5 Å². The lowest BCUT2D eigenvalue weighted by Gasteiger charge is -2.39. The van der Waals surface area contributed by atoms with E-state index >= 15 is 0 Å². The molecule has 0 amide bonds. The topological polar surface area (TPSA) is 35.5 Å². The van der Waals surface area contributed by atoms with Gasteiger partial charge in [0.2, 0.25) is 0 Å². The van der Waals surface area contributed by atoms with E-state index in [1.807, 2.05) is 12.5 Å². The van der Waals surface area contributed by atoms with Crippen LogP contribution in [0.3, 0.4) is 0 Å². The van der Waals surface area contributed by atoms with E-state index < -0.39 is 0 Å². The number of hydrogen-bond donors (Lipinski definition) is 0. The number of aryl methyl sites for hydroxylation is 1. The highest BCUT2D eigenvalue weighted by Crippen LogP contribution is 2.48. The summed E-state index contributed by atoms with van der Waals surface area (Å²) in [6.45, 7) is 0.743. The Labute approximate surface area is 128 Å². The number of fused-ring (bicyclic) bond motifs is 3. The van der Waals surface area contributed by atoms with Crippen molar-refractivity contribution in [1.82, 2.24) is 0 Å². The Balaban J connectivity index is 1.70. The Morgan fingerprint density at radius 3 is 2.18 bits per heavy atom. The Bertz CT molecular complexity index is 778. The van der Waals surface area contributed by atoms with Crippen molar-refractivity contribution in [3.63, 3.8) is 0 Å². The number of hydrogen-bond acceptors (Lipinski definition) is 3. The first-order valence-corrected chi connectivity index (χ1v) is 7.69. The summed E-state index contributed by atoms with van der Waals surface area (Å²) in [6.07, 6.45) is 10.3. The van der Waals surface area contributed by atoms with Gasteiger partial charge in [-0.15, -0.1) is 0 Å². The van der Waals surface area contributed by atoms with Crippen LogP contribution in [0, 0.1) is 0 Å². The van der Waals surface area contributed by atoms with Gasteiger partial charge in [0.15, 0.2) is 0 Å². The van der Waals surface area contributed by atoms with Gasteiger partial charge >= 0.3 is 0 Å². The molecule has 3 nitrogen and oxygen atoms in total. The largest absolute Gasteiger partial charge is 0.488 e. The van der Waals surface area contributed by atoms with Gasteiger partial charge in [-0.05, 0) is 42.5 Å². The fourth-order valence-corrected chi connectivity index (χ4v) is 3.98. The summed E-state index contributed by atoms with van der Waals surface area (Å²) >= 11 is 0. The second kappa shape index (κ2) is 4.29. The number of benzene rings is 1. The maximum absolute atomic E-state index is 5.76. The molecule has 0 saturated heterocycles. The molecule has 1 aliphatic heterocycles. The molecule has 1 aromatic carbocycles. The minimum absolute atomic E-state index is 0.0823. The van der Waals surface area contributed by atoms with Crippen LogP contribution in [0.4, 0.5) is 0 Å². The highest BCUT2D eigenvalue weighted by molar-refractivity contribution is 5.54. The first-order chi connectivity index (χ1) is 10.9. The van der Waals surface area contributed by atoms with Crippen molar-refractivity contribution in [2.75, 3.05) is 0 Å². The van der Waals surface area contributed by atoms with Crippen molar-refractivity contribution in [2.45, 2.75) is 31.3 Å². The molecule has 22 heavy (non-hydrogen) atoms. The van der Waals surface area contributed by atoms with E-state index in [2.05, 4.69) is 24.3 Å². The average molecular weight is 292 g/mol. The fourth-order valence-electron chi connectivity index (χ4n) is 3.98. The van der Waals surface area contributed by atoms with Gasteiger partial charge in [0.05, 0.1) is 25.1 Å². The second-order valence-corrected chi connectivity index (χ2v) is 6.26. The summed E-state index contributed by atoms with van der Waals surface area (Å²) < 4.78 is 16.5. The molecule has 5 rings (SSSR count). The van der Waals surface area contributed by atoms with Crippen molar-refractivity contribution < 1.29 is 13.6 Å². The SMILES string of the molecule is c1cc(C2(c3ccoc3)CCc3ccc4c(c3C2)OC4)co1. The standard InChI is InChI=1S/C19H16O3/c1-2-14-10-22-18(14)17-9-19(6-3-13(1)17,15-4-7-20-11-15)16-5-8-21-12-16/h1-2,4-5,7-8,11-12H,3,6,9-10H2. The van der Waals surface area contributed by atoms with Crippen LogP contribution in [-0.4, -0.2) is 0 Å². The molecular formula is C19H16O3. The number of furan rings is 2. The predicted octanol–water partition coefficient (Wildman–Crippen LogP) is 4.24. The van der Waals surface area contributed by atoms with Crippen LogP contribution in [0.2, 0.25) is 0 Å². The zero-order chi connectivity index (χ0) is 14.6. The Morgan fingerprint density at radius 2 is 1.59 bits per heavy atom. The Morgan fingerprint density at radius 1 is 0.864 bits per heavy atom. The van der Waals surface area contributed by atoms with Crippen LogP contribution < -0.4 is 4.74 Å². The quantitative estimate of drug-likeness (QED) is 0.708. The van der Waals surface area contributed by atoms with Crippen molar-refractivity contribution in [3.8, 4) is 5.75 Å². The van der Waals surface area contributed by atoms with Crippen LogP contribution in [0.1, 0.15) is 34.2 Å². The minimum atomic E-state index is -0.0823. The molecule has 0 unspecified atom stereocenters. The first-order valence-electron chi connectivity index (χ1n) is 7.69. The van der Waals surface area contributed by atoms with Gasteiger partial charge in [-0.1, -0.05) is 12.1 Å². The first kappa shape index (κ1) is 12.2. The molecule has 0 fully saturated rings. The average Bonchev–Trinajstić information content (AvgIpc) is 3.21. The molecule has 0 N–H and O–H groups in total. The van der Waals surface area contributed by atoms with Crippen LogP contribution in [-0.2, 0) is 24.9 Å².